The monoisotopic (exact) mass is 464 g/mol. The fourth-order valence-corrected chi connectivity index (χ4v) is 5.50. The van der Waals surface area contributed by atoms with Crippen LogP contribution in [-0.2, 0) is 11.3 Å². The van der Waals surface area contributed by atoms with E-state index in [0.717, 1.165) is 56.5 Å². The van der Waals surface area contributed by atoms with Gasteiger partial charge in [0.1, 0.15) is 11.6 Å². The number of anilines is 1. The van der Waals surface area contributed by atoms with Crippen LogP contribution in [0.3, 0.4) is 0 Å². The zero-order chi connectivity index (χ0) is 24.3. The van der Waals surface area contributed by atoms with Gasteiger partial charge < -0.3 is 9.64 Å². The van der Waals surface area contributed by atoms with E-state index >= 15 is 0 Å². The van der Waals surface area contributed by atoms with E-state index in [9.17, 15) is 9.18 Å². The van der Waals surface area contributed by atoms with Crippen LogP contribution in [0.15, 0.2) is 60.7 Å². The minimum Gasteiger partial charge on any atom is -0.491 e. The highest BCUT2D eigenvalue weighted by molar-refractivity contribution is 5.96. The summed E-state index contributed by atoms with van der Waals surface area (Å²) in [5, 5.41) is 0. The van der Waals surface area contributed by atoms with E-state index in [1.165, 1.54) is 17.7 Å². The minimum atomic E-state index is -0.473. The van der Waals surface area contributed by atoms with Crippen molar-refractivity contribution in [2.24, 2.45) is 0 Å². The van der Waals surface area contributed by atoms with Crippen LogP contribution in [0.4, 0.5) is 10.1 Å². The number of ether oxygens (including phenoxy) is 1. The summed E-state index contributed by atoms with van der Waals surface area (Å²) < 4.78 is 20.2. The van der Waals surface area contributed by atoms with Crippen molar-refractivity contribution in [1.29, 1.82) is 0 Å². The van der Waals surface area contributed by atoms with Gasteiger partial charge in [0.05, 0.1) is 11.6 Å². The lowest BCUT2D eigenvalue weighted by Gasteiger charge is -2.51. The van der Waals surface area contributed by atoms with Gasteiger partial charge in [-0.2, -0.15) is 0 Å². The Morgan fingerprint density at radius 2 is 2.00 bits per heavy atom. The van der Waals surface area contributed by atoms with Crippen LogP contribution in [0.5, 0.6) is 5.75 Å². The van der Waals surface area contributed by atoms with E-state index in [0.29, 0.717) is 12.1 Å². The third-order valence-electron chi connectivity index (χ3n) is 7.54. The Morgan fingerprint density at radius 1 is 1.21 bits per heavy atom. The van der Waals surface area contributed by atoms with Gasteiger partial charge in [-0.25, -0.2) is 4.39 Å². The van der Waals surface area contributed by atoms with Crippen molar-refractivity contribution < 1.29 is 13.9 Å². The Labute approximate surface area is 203 Å². The maximum absolute atomic E-state index is 14.1. The molecule has 0 aromatic heterocycles. The van der Waals surface area contributed by atoms with E-state index in [2.05, 4.69) is 50.4 Å². The average Bonchev–Trinajstić information content (AvgIpc) is 2.92. The molecule has 3 atom stereocenters. The van der Waals surface area contributed by atoms with Crippen molar-refractivity contribution in [3.8, 4) is 5.75 Å². The lowest BCUT2D eigenvalue weighted by Crippen LogP contribution is -2.60. The quantitative estimate of drug-likeness (QED) is 0.458. The lowest BCUT2D eigenvalue weighted by molar-refractivity contribution is -0.119. The zero-order valence-electron chi connectivity index (χ0n) is 20.7. The minimum absolute atomic E-state index is 0.0693. The normalized spacial score (nSPS) is 24.8. The number of amides is 1. The van der Waals surface area contributed by atoms with Crippen LogP contribution in [0.25, 0.3) is 0 Å². The molecule has 2 unspecified atom stereocenters. The molecule has 0 bridgehead atoms. The second kappa shape index (κ2) is 10.3. The highest BCUT2D eigenvalue weighted by atomic mass is 19.1. The highest BCUT2D eigenvalue weighted by Crippen LogP contribution is 2.44. The molecule has 2 aromatic rings. The molecule has 2 saturated heterocycles. The summed E-state index contributed by atoms with van der Waals surface area (Å²) >= 11 is 0. The molecule has 1 spiro atoms. The van der Waals surface area contributed by atoms with E-state index in [-0.39, 0.29) is 23.9 Å². The molecule has 182 valence electrons. The number of hydrogen-bond acceptors (Lipinski definition) is 3. The Bertz CT molecular complexity index is 1040. The van der Waals surface area contributed by atoms with Crippen molar-refractivity contribution in [1.82, 2.24) is 4.90 Å². The molecule has 1 amide bonds. The molecule has 34 heavy (non-hydrogen) atoms. The topological polar surface area (TPSA) is 32.8 Å². The Hall–Kier alpha value is -2.66. The second-order valence-corrected chi connectivity index (χ2v) is 9.96. The summed E-state index contributed by atoms with van der Waals surface area (Å²) in [5.74, 6) is 0.660. The second-order valence-electron chi connectivity index (χ2n) is 9.96. The van der Waals surface area contributed by atoms with Crippen LogP contribution >= 0.6 is 0 Å². The first-order chi connectivity index (χ1) is 16.3. The number of halogens is 1. The fourth-order valence-electron chi connectivity index (χ4n) is 5.50. The molecule has 4 nitrogen and oxygen atoms in total. The number of hydrogen-bond donors (Lipinski definition) is 0. The van der Waals surface area contributed by atoms with Gasteiger partial charge in [-0.1, -0.05) is 37.3 Å². The number of piperidine rings is 1. The van der Waals surface area contributed by atoms with Crippen LogP contribution in [0.2, 0.25) is 0 Å². The molecule has 2 fully saturated rings. The fraction of sp³-hybridized carbons (Fsp3) is 0.483. The summed E-state index contributed by atoms with van der Waals surface area (Å²) in [7, 11) is 0. The van der Waals surface area contributed by atoms with E-state index in [4.69, 9.17) is 4.74 Å². The number of likely N-dealkylation sites (tertiary alicyclic amines) is 1. The molecule has 4 rings (SSSR count). The van der Waals surface area contributed by atoms with Crippen molar-refractivity contribution in [3.05, 3.63) is 72.1 Å². The molecule has 2 aliphatic rings. The Kier molecular flexibility index (Phi) is 7.42. The molecular weight excluding hydrogens is 427 g/mol. The third kappa shape index (κ3) is 5.05. The predicted molar refractivity (Wildman–Crippen MR) is 136 cm³/mol. The lowest BCUT2D eigenvalue weighted by atomic mass is 9.75. The van der Waals surface area contributed by atoms with E-state index < -0.39 is 5.54 Å². The molecule has 2 aromatic carbocycles. The SMILES string of the molecule is C=C1CCCC(=O)N(c2cccc(F)c2)C12CCN(Cc1cccc(OC(C)CC)c1)[C@@H](C)C2. The van der Waals surface area contributed by atoms with Crippen molar-refractivity contribution in [2.75, 3.05) is 11.4 Å². The number of nitrogens with zero attached hydrogens (tertiary/aromatic N) is 2. The van der Waals surface area contributed by atoms with Gasteiger partial charge in [-0.3, -0.25) is 9.69 Å². The molecule has 0 radical (unpaired) electrons. The Balaban J connectivity index is 1.56. The molecule has 2 heterocycles. The molecular formula is C29H37FN2O2. The first kappa shape index (κ1) is 24.5. The summed E-state index contributed by atoms with van der Waals surface area (Å²) in [5.41, 5.74) is 2.49. The van der Waals surface area contributed by atoms with Crippen LogP contribution in [0.1, 0.15) is 64.9 Å². The van der Waals surface area contributed by atoms with Crippen LogP contribution < -0.4 is 9.64 Å². The average molecular weight is 465 g/mol. The zero-order valence-corrected chi connectivity index (χ0v) is 20.7. The number of benzene rings is 2. The standard InChI is InChI=1S/C29H37FN2O2/c1-5-23(4)34-27-13-7-10-24(17-27)20-31-16-15-29(19-22(31)3)21(2)9-6-14-28(33)32(29)26-12-8-11-25(30)18-26/h7-8,10-13,17-18,22-23H,2,5-6,9,14-16,19-20H2,1,3-4H3/t22-,23?,29?/m0/s1. The Morgan fingerprint density at radius 3 is 2.74 bits per heavy atom. The summed E-state index contributed by atoms with van der Waals surface area (Å²) in [6, 6.07) is 15.0. The van der Waals surface area contributed by atoms with Crippen molar-refractivity contribution in [2.45, 2.75) is 83.5 Å². The van der Waals surface area contributed by atoms with Gasteiger partial charge in [-0.05, 0) is 81.8 Å². The van der Waals surface area contributed by atoms with Gasteiger partial charge >= 0.3 is 0 Å². The molecule has 5 heteroatoms. The van der Waals surface area contributed by atoms with Crippen LogP contribution in [0, 0.1) is 5.82 Å². The maximum Gasteiger partial charge on any atom is 0.227 e. The predicted octanol–water partition coefficient (Wildman–Crippen LogP) is 6.50. The number of carbonyl (C=O) groups excluding carboxylic acids is 1. The molecule has 0 N–H and O–H groups in total. The smallest absolute Gasteiger partial charge is 0.227 e. The van der Waals surface area contributed by atoms with Crippen molar-refractivity contribution in [3.63, 3.8) is 0 Å². The van der Waals surface area contributed by atoms with Gasteiger partial charge in [0.2, 0.25) is 5.91 Å². The third-order valence-corrected chi connectivity index (χ3v) is 7.54. The number of carbonyl (C=O) groups is 1. The van der Waals surface area contributed by atoms with E-state index in [1.807, 2.05) is 17.0 Å². The van der Waals surface area contributed by atoms with E-state index in [1.54, 1.807) is 6.07 Å². The maximum atomic E-state index is 14.1. The van der Waals surface area contributed by atoms with Crippen LogP contribution in [-0.4, -0.2) is 35.0 Å². The highest BCUT2D eigenvalue weighted by Gasteiger charge is 2.48. The molecule has 0 saturated carbocycles. The molecule has 0 aliphatic carbocycles. The first-order valence-electron chi connectivity index (χ1n) is 12.6. The van der Waals surface area contributed by atoms with Gasteiger partial charge in [-0.15, -0.1) is 0 Å². The summed E-state index contributed by atoms with van der Waals surface area (Å²) in [6.07, 6.45) is 4.85. The van der Waals surface area contributed by atoms with Gasteiger partial charge in [0, 0.05) is 31.2 Å². The number of rotatable bonds is 6. The summed E-state index contributed by atoms with van der Waals surface area (Å²) in [6.45, 7) is 12.6. The summed E-state index contributed by atoms with van der Waals surface area (Å²) in [4.78, 5) is 17.7. The van der Waals surface area contributed by atoms with Crippen molar-refractivity contribution >= 4 is 11.6 Å². The first-order valence-corrected chi connectivity index (χ1v) is 12.6. The molecule has 2 aliphatic heterocycles. The van der Waals surface area contributed by atoms with Gasteiger partial charge in [0.15, 0.2) is 0 Å². The van der Waals surface area contributed by atoms with Gasteiger partial charge in [0.25, 0.3) is 0 Å². The largest absolute Gasteiger partial charge is 0.491 e.